The number of halogens is 1. The summed E-state index contributed by atoms with van der Waals surface area (Å²) in [5.74, 6) is 6.41. The monoisotopic (exact) mass is 275 g/mol. The fraction of sp³-hybridized carbons (Fsp3) is 0.529. The van der Waals surface area contributed by atoms with Crippen LogP contribution in [0.25, 0.3) is 0 Å². The highest BCUT2D eigenvalue weighted by Crippen LogP contribution is 2.23. The van der Waals surface area contributed by atoms with E-state index >= 15 is 0 Å². The van der Waals surface area contributed by atoms with Crippen LogP contribution in [-0.2, 0) is 6.54 Å². The molecule has 0 bridgehead atoms. The molecule has 0 spiro atoms. The Bertz CT molecular complexity index is 507. The van der Waals surface area contributed by atoms with Crippen LogP contribution in [-0.4, -0.2) is 29.7 Å². The maximum atomic E-state index is 14.1. The average Bonchev–Trinajstić information content (AvgIpc) is 2.38. The minimum absolute atomic E-state index is 0.201. The number of rotatable bonds is 2. The van der Waals surface area contributed by atoms with Crippen LogP contribution >= 0.6 is 0 Å². The highest BCUT2D eigenvalue weighted by Gasteiger charge is 2.22. The van der Waals surface area contributed by atoms with Crippen LogP contribution in [0.15, 0.2) is 18.2 Å². The molecule has 2 rings (SSSR count). The van der Waals surface area contributed by atoms with Gasteiger partial charge in [-0.15, -0.1) is 0 Å². The number of likely N-dealkylation sites (tertiary alicyclic amines) is 1. The molecule has 1 aromatic carbocycles. The van der Waals surface area contributed by atoms with Crippen LogP contribution in [0.1, 0.15) is 31.4 Å². The van der Waals surface area contributed by atoms with E-state index in [0.29, 0.717) is 23.9 Å². The Balaban J connectivity index is 2.06. The van der Waals surface area contributed by atoms with E-state index in [9.17, 15) is 4.39 Å². The summed E-state index contributed by atoms with van der Waals surface area (Å²) in [5.41, 5.74) is 1.33. The predicted molar refractivity (Wildman–Crippen MR) is 78.6 cm³/mol. The van der Waals surface area contributed by atoms with E-state index in [1.807, 2.05) is 6.07 Å². The molecule has 108 valence electrons. The molecule has 1 fully saturated rings. The zero-order valence-corrected chi connectivity index (χ0v) is 12.2. The summed E-state index contributed by atoms with van der Waals surface area (Å²) in [6.45, 7) is 7.05. The first-order valence-corrected chi connectivity index (χ1v) is 7.19. The lowest BCUT2D eigenvalue weighted by Gasteiger charge is -2.35. The van der Waals surface area contributed by atoms with E-state index in [0.717, 1.165) is 18.7 Å². The van der Waals surface area contributed by atoms with Gasteiger partial charge in [-0.3, -0.25) is 4.90 Å². The first kappa shape index (κ1) is 15.0. The van der Waals surface area contributed by atoms with Crippen molar-refractivity contribution in [2.45, 2.75) is 26.8 Å². The molecule has 1 aliphatic heterocycles. The summed E-state index contributed by atoms with van der Waals surface area (Å²) in [6.07, 6.45) is 1.26. The first-order chi connectivity index (χ1) is 9.58. The van der Waals surface area contributed by atoms with Gasteiger partial charge in [0.2, 0.25) is 0 Å². The zero-order chi connectivity index (χ0) is 14.5. The van der Waals surface area contributed by atoms with E-state index in [-0.39, 0.29) is 12.4 Å². The summed E-state index contributed by atoms with van der Waals surface area (Å²) in [4.78, 5) is 2.33. The Kier molecular flexibility index (Phi) is 5.17. The molecule has 1 aromatic rings. The van der Waals surface area contributed by atoms with Gasteiger partial charge in [0.1, 0.15) is 12.4 Å². The van der Waals surface area contributed by atoms with Crippen LogP contribution in [0.5, 0.6) is 0 Å². The smallest absolute Gasteiger partial charge is 0.128 e. The standard InChI is InChI=1S/C17H22FNO/c1-13-8-14(2)11-19(10-13)12-16-6-5-15(4-3-7-20)9-17(16)18/h5-6,9,13-14,20H,7-8,10-12H2,1-2H3. The fourth-order valence-corrected chi connectivity index (χ4v) is 3.06. The number of aliphatic hydroxyl groups excluding tert-OH is 1. The lowest BCUT2D eigenvalue weighted by atomic mass is 9.91. The third kappa shape index (κ3) is 4.06. The van der Waals surface area contributed by atoms with E-state index in [1.54, 1.807) is 6.07 Å². The van der Waals surface area contributed by atoms with Gasteiger partial charge in [-0.2, -0.15) is 0 Å². The highest BCUT2D eigenvalue weighted by molar-refractivity contribution is 5.37. The lowest BCUT2D eigenvalue weighted by Crippen LogP contribution is -2.38. The lowest BCUT2D eigenvalue weighted by molar-refractivity contribution is 0.133. The summed E-state index contributed by atoms with van der Waals surface area (Å²) in [7, 11) is 0. The Morgan fingerprint density at radius 3 is 2.60 bits per heavy atom. The maximum absolute atomic E-state index is 14.1. The number of piperidine rings is 1. The molecule has 20 heavy (non-hydrogen) atoms. The number of hydrogen-bond acceptors (Lipinski definition) is 2. The van der Waals surface area contributed by atoms with Crippen molar-refractivity contribution in [2.24, 2.45) is 11.8 Å². The molecule has 0 aromatic heterocycles. The molecule has 0 radical (unpaired) electrons. The Hall–Kier alpha value is -1.37. The van der Waals surface area contributed by atoms with E-state index in [1.165, 1.54) is 12.5 Å². The fourth-order valence-electron chi connectivity index (χ4n) is 3.06. The third-order valence-corrected chi connectivity index (χ3v) is 3.70. The van der Waals surface area contributed by atoms with E-state index in [2.05, 4.69) is 30.6 Å². The van der Waals surface area contributed by atoms with Crippen LogP contribution in [0.4, 0.5) is 4.39 Å². The first-order valence-electron chi connectivity index (χ1n) is 7.19. The Morgan fingerprint density at radius 1 is 1.30 bits per heavy atom. The second kappa shape index (κ2) is 6.88. The second-order valence-electron chi connectivity index (χ2n) is 5.91. The van der Waals surface area contributed by atoms with E-state index < -0.39 is 0 Å². The molecule has 3 heteroatoms. The minimum atomic E-state index is -0.208. The zero-order valence-electron chi connectivity index (χ0n) is 12.2. The molecule has 0 saturated carbocycles. The third-order valence-electron chi connectivity index (χ3n) is 3.70. The second-order valence-corrected chi connectivity index (χ2v) is 5.91. The molecule has 0 amide bonds. The summed E-state index contributed by atoms with van der Waals surface area (Å²) < 4.78 is 14.1. The van der Waals surface area contributed by atoms with Crippen molar-refractivity contribution in [3.8, 4) is 11.8 Å². The molecule has 1 saturated heterocycles. The van der Waals surface area contributed by atoms with Crippen molar-refractivity contribution in [3.05, 3.63) is 35.1 Å². The number of nitrogens with zero attached hydrogens (tertiary/aromatic N) is 1. The van der Waals surface area contributed by atoms with Crippen LogP contribution in [0.2, 0.25) is 0 Å². The van der Waals surface area contributed by atoms with Gasteiger partial charge >= 0.3 is 0 Å². The number of hydrogen-bond donors (Lipinski definition) is 1. The van der Waals surface area contributed by atoms with Gasteiger partial charge in [-0.05, 0) is 30.4 Å². The van der Waals surface area contributed by atoms with Gasteiger partial charge in [0, 0.05) is 30.8 Å². The topological polar surface area (TPSA) is 23.5 Å². The normalized spacial score (nSPS) is 23.2. The SMILES string of the molecule is CC1CC(C)CN(Cc2ccc(C#CCO)cc2F)C1. The van der Waals surface area contributed by atoms with Crippen LogP contribution in [0.3, 0.4) is 0 Å². The minimum Gasteiger partial charge on any atom is -0.384 e. The van der Waals surface area contributed by atoms with Gasteiger partial charge in [0.15, 0.2) is 0 Å². The van der Waals surface area contributed by atoms with Crippen molar-refractivity contribution in [2.75, 3.05) is 19.7 Å². The van der Waals surface area contributed by atoms with Crippen molar-refractivity contribution in [3.63, 3.8) is 0 Å². The Morgan fingerprint density at radius 2 is 2.00 bits per heavy atom. The predicted octanol–water partition coefficient (Wildman–Crippen LogP) is 2.65. The number of benzene rings is 1. The van der Waals surface area contributed by atoms with Crippen molar-refractivity contribution in [1.82, 2.24) is 4.90 Å². The van der Waals surface area contributed by atoms with Crippen molar-refractivity contribution in [1.29, 1.82) is 0 Å². The molecular weight excluding hydrogens is 253 g/mol. The van der Waals surface area contributed by atoms with Gasteiger partial charge in [0.05, 0.1) is 0 Å². The van der Waals surface area contributed by atoms with Crippen molar-refractivity contribution >= 4 is 0 Å². The number of aliphatic hydroxyl groups is 1. The van der Waals surface area contributed by atoms with Gasteiger partial charge in [-0.25, -0.2) is 4.39 Å². The van der Waals surface area contributed by atoms with Gasteiger partial charge < -0.3 is 5.11 Å². The molecular formula is C17H22FNO. The highest BCUT2D eigenvalue weighted by atomic mass is 19.1. The van der Waals surface area contributed by atoms with E-state index in [4.69, 9.17) is 5.11 Å². The largest absolute Gasteiger partial charge is 0.384 e. The summed E-state index contributed by atoms with van der Waals surface area (Å²) in [5, 5.41) is 8.64. The molecule has 2 unspecified atom stereocenters. The van der Waals surface area contributed by atoms with Crippen molar-refractivity contribution < 1.29 is 9.50 Å². The van der Waals surface area contributed by atoms with Crippen LogP contribution in [0, 0.1) is 29.5 Å². The Labute approximate surface area is 120 Å². The maximum Gasteiger partial charge on any atom is 0.128 e. The summed E-state index contributed by atoms with van der Waals surface area (Å²) in [6, 6.07) is 5.08. The molecule has 1 heterocycles. The summed E-state index contributed by atoms with van der Waals surface area (Å²) >= 11 is 0. The average molecular weight is 275 g/mol. The molecule has 1 aliphatic rings. The quantitative estimate of drug-likeness (QED) is 0.839. The molecule has 0 aliphatic carbocycles. The van der Waals surface area contributed by atoms with Gasteiger partial charge in [0.25, 0.3) is 0 Å². The van der Waals surface area contributed by atoms with Crippen LogP contribution < -0.4 is 0 Å². The molecule has 1 N–H and O–H groups in total. The van der Waals surface area contributed by atoms with Gasteiger partial charge in [-0.1, -0.05) is 31.8 Å². The molecule has 2 nitrogen and oxygen atoms in total. The molecule has 2 atom stereocenters.